The number of hydrogen-bond donors (Lipinski definition) is 1. The summed E-state index contributed by atoms with van der Waals surface area (Å²) in [7, 11) is -1.47. The smallest absolute Gasteiger partial charge is 0.264 e. The van der Waals surface area contributed by atoms with Gasteiger partial charge in [0, 0.05) is 23.7 Å². The third-order valence-corrected chi connectivity index (χ3v) is 9.33. The second kappa shape index (κ2) is 16.4. The Labute approximate surface area is 271 Å². The van der Waals surface area contributed by atoms with Crippen molar-refractivity contribution in [3.8, 4) is 17.2 Å². The molecule has 0 heterocycles. The van der Waals surface area contributed by atoms with Gasteiger partial charge in [0.2, 0.25) is 11.8 Å². The van der Waals surface area contributed by atoms with E-state index in [2.05, 4.69) is 5.32 Å². The average Bonchev–Trinajstić information content (AvgIpc) is 3.04. The zero-order chi connectivity index (χ0) is 33.1. The standard InChI is InChI=1S/C33H42ClN3O7S/c1-7-23(4)35-33(39)29(8-2)36(21-24-10-12-25(34)13-11-24)32(38)22-37(26-14-16-27(17-15-26)44-9-3)45(40,41)28-18-19-30(42-5)31(20-28)43-6/h10-20,23,29H,7-9,21-22H2,1-6H3,(H,35,39). The topological polar surface area (TPSA) is 114 Å². The predicted molar refractivity (Wildman–Crippen MR) is 176 cm³/mol. The van der Waals surface area contributed by atoms with Crippen molar-refractivity contribution in [2.45, 2.75) is 64.1 Å². The summed E-state index contributed by atoms with van der Waals surface area (Å²) in [6.45, 7) is 7.42. The first-order valence-corrected chi connectivity index (χ1v) is 16.6. The molecule has 0 saturated heterocycles. The van der Waals surface area contributed by atoms with Crippen LogP contribution in [-0.4, -0.2) is 64.6 Å². The van der Waals surface area contributed by atoms with E-state index >= 15 is 0 Å². The molecule has 0 aliphatic heterocycles. The molecule has 2 atom stereocenters. The maximum absolute atomic E-state index is 14.3. The summed E-state index contributed by atoms with van der Waals surface area (Å²) in [5, 5.41) is 3.50. The van der Waals surface area contributed by atoms with Gasteiger partial charge in [0.15, 0.2) is 11.5 Å². The number of carbonyl (C=O) groups is 2. The zero-order valence-corrected chi connectivity index (χ0v) is 28.2. The van der Waals surface area contributed by atoms with Crippen LogP contribution in [0, 0.1) is 0 Å². The van der Waals surface area contributed by atoms with Gasteiger partial charge >= 0.3 is 0 Å². The number of ether oxygens (including phenoxy) is 3. The van der Waals surface area contributed by atoms with Gasteiger partial charge in [0.05, 0.1) is 31.4 Å². The van der Waals surface area contributed by atoms with E-state index in [1.54, 1.807) is 48.5 Å². The molecule has 10 nitrogen and oxygen atoms in total. The SMILES string of the molecule is CCOc1ccc(N(CC(=O)N(Cc2ccc(Cl)cc2)C(CC)C(=O)NC(C)CC)S(=O)(=O)c2ccc(OC)c(OC)c2)cc1. The molecule has 0 bridgehead atoms. The summed E-state index contributed by atoms with van der Waals surface area (Å²) >= 11 is 6.10. The molecule has 244 valence electrons. The maximum atomic E-state index is 14.3. The van der Waals surface area contributed by atoms with E-state index < -0.39 is 28.5 Å². The van der Waals surface area contributed by atoms with Gasteiger partial charge in [-0.1, -0.05) is 37.6 Å². The number of halogens is 1. The van der Waals surface area contributed by atoms with Crippen LogP contribution in [0.4, 0.5) is 5.69 Å². The van der Waals surface area contributed by atoms with E-state index in [9.17, 15) is 18.0 Å². The Morgan fingerprint density at radius 3 is 2.09 bits per heavy atom. The number of benzene rings is 3. The average molecular weight is 660 g/mol. The van der Waals surface area contributed by atoms with E-state index in [0.29, 0.717) is 36.0 Å². The highest BCUT2D eigenvalue weighted by Gasteiger charge is 2.34. The van der Waals surface area contributed by atoms with Crippen molar-refractivity contribution in [3.63, 3.8) is 0 Å². The van der Waals surface area contributed by atoms with Crippen LogP contribution in [0.2, 0.25) is 5.02 Å². The summed E-state index contributed by atoms with van der Waals surface area (Å²) in [5.74, 6) is 0.243. The fraction of sp³-hybridized carbons (Fsp3) is 0.394. The van der Waals surface area contributed by atoms with E-state index in [1.807, 2.05) is 27.7 Å². The molecule has 12 heteroatoms. The lowest BCUT2D eigenvalue weighted by Gasteiger charge is -2.33. The third kappa shape index (κ3) is 9.04. The van der Waals surface area contributed by atoms with Crippen LogP contribution >= 0.6 is 11.6 Å². The molecular formula is C33H42ClN3O7S. The highest BCUT2D eigenvalue weighted by Crippen LogP contribution is 2.33. The van der Waals surface area contributed by atoms with Crippen LogP contribution in [0.15, 0.2) is 71.6 Å². The van der Waals surface area contributed by atoms with Crippen LogP contribution in [0.3, 0.4) is 0 Å². The fourth-order valence-corrected chi connectivity index (χ4v) is 6.21. The van der Waals surface area contributed by atoms with E-state index in [-0.39, 0.29) is 34.8 Å². The van der Waals surface area contributed by atoms with Crippen molar-refractivity contribution in [3.05, 3.63) is 77.3 Å². The van der Waals surface area contributed by atoms with Gasteiger partial charge in [-0.05, 0) is 80.8 Å². The van der Waals surface area contributed by atoms with Gasteiger partial charge in [0.1, 0.15) is 18.3 Å². The maximum Gasteiger partial charge on any atom is 0.264 e. The number of methoxy groups -OCH3 is 2. The van der Waals surface area contributed by atoms with Crippen molar-refractivity contribution in [1.29, 1.82) is 0 Å². The predicted octanol–water partition coefficient (Wildman–Crippen LogP) is 5.67. The summed E-state index contributed by atoms with van der Waals surface area (Å²) in [6, 6.07) is 16.6. The number of hydrogen-bond acceptors (Lipinski definition) is 7. The number of nitrogens with zero attached hydrogens (tertiary/aromatic N) is 2. The van der Waals surface area contributed by atoms with Crippen molar-refractivity contribution in [1.82, 2.24) is 10.2 Å². The molecule has 0 aromatic heterocycles. The van der Waals surface area contributed by atoms with Crippen LogP contribution < -0.4 is 23.8 Å². The highest BCUT2D eigenvalue weighted by molar-refractivity contribution is 7.92. The molecule has 0 aliphatic rings. The largest absolute Gasteiger partial charge is 0.494 e. The zero-order valence-electron chi connectivity index (χ0n) is 26.6. The lowest BCUT2D eigenvalue weighted by atomic mass is 10.1. The third-order valence-electron chi connectivity index (χ3n) is 7.31. The summed E-state index contributed by atoms with van der Waals surface area (Å²) in [4.78, 5) is 29.0. The molecule has 2 unspecified atom stereocenters. The number of sulfonamides is 1. The Bertz CT molecular complexity index is 1530. The Morgan fingerprint density at radius 1 is 0.889 bits per heavy atom. The van der Waals surface area contributed by atoms with Crippen molar-refractivity contribution < 1.29 is 32.2 Å². The van der Waals surface area contributed by atoms with Gasteiger partial charge in [-0.15, -0.1) is 0 Å². The molecule has 3 rings (SSSR count). The molecule has 0 fully saturated rings. The molecule has 2 amide bonds. The molecule has 45 heavy (non-hydrogen) atoms. The molecule has 1 N–H and O–H groups in total. The van der Waals surface area contributed by atoms with Crippen molar-refractivity contribution in [2.75, 3.05) is 31.7 Å². The van der Waals surface area contributed by atoms with E-state index in [1.165, 1.54) is 37.3 Å². The Kier molecular flexibility index (Phi) is 12.9. The minimum Gasteiger partial charge on any atom is -0.494 e. The number of amides is 2. The number of rotatable bonds is 16. The minimum absolute atomic E-state index is 0.0654. The summed E-state index contributed by atoms with van der Waals surface area (Å²) in [6.07, 6.45) is 1.02. The molecule has 3 aromatic rings. The molecule has 0 saturated carbocycles. The summed E-state index contributed by atoms with van der Waals surface area (Å²) < 4.78 is 45.7. The van der Waals surface area contributed by atoms with Gasteiger partial charge < -0.3 is 24.4 Å². The van der Waals surface area contributed by atoms with Crippen LogP contribution in [0.1, 0.15) is 46.1 Å². The molecule has 0 aliphatic carbocycles. The molecule has 0 radical (unpaired) electrons. The number of anilines is 1. The normalized spacial score (nSPS) is 12.5. The quantitative estimate of drug-likeness (QED) is 0.211. The van der Waals surface area contributed by atoms with Crippen LogP contribution in [0.25, 0.3) is 0 Å². The second-order valence-corrected chi connectivity index (χ2v) is 12.6. The number of nitrogens with one attached hydrogen (secondary N) is 1. The Hall–Kier alpha value is -3.96. The van der Waals surface area contributed by atoms with Gasteiger partial charge in [-0.25, -0.2) is 8.42 Å². The van der Waals surface area contributed by atoms with Gasteiger partial charge in [0.25, 0.3) is 10.0 Å². The monoisotopic (exact) mass is 659 g/mol. The van der Waals surface area contributed by atoms with Crippen molar-refractivity contribution >= 4 is 39.1 Å². The molecule has 3 aromatic carbocycles. The number of carbonyl (C=O) groups excluding carboxylic acids is 2. The minimum atomic E-state index is -4.33. The van der Waals surface area contributed by atoms with Gasteiger partial charge in [-0.3, -0.25) is 13.9 Å². The fourth-order valence-electron chi connectivity index (χ4n) is 4.66. The van der Waals surface area contributed by atoms with Gasteiger partial charge in [-0.2, -0.15) is 0 Å². The highest BCUT2D eigenvalue weighted by atomic mass is 35.5. The van der Waals surface area contributed by atoms with E-state index in [0.717, 1.165) is 9.87 Å². The first-order valence-electron chi connectivity index (χ1n) is 14.8. The first-order chi connectivity index (χ1) is 21.5. The van der Waals surface area contributed by atoms with Crippen LogP contribution in [-0.2, 0) is 26.2 Å². The Morgan fingerprint density at radius 2 is 1.53 bits per heavy atom. The first kappa shape index (κ1) is 35.5. The van der Waals surface area contributed by atoms with Crippen molar-refractivity contribution in [2.24, 2.45) is 0 Å². The Balaban J connectivity index is 2.11. The lowest BCUT2D eigenvalue weighted by molar-refractivity contribution is -0.140. The molecule has 0 spiro atoms. The van der Waals surface area contributed by atoms with Crippen LogP contribution in [0.5, 0.6) is 17.2 Å². The van der Waals surface area contributed by atoms with E-state index in [4.69, 9.17) is 25.8 Å². The lowest BCUT2D eigenvalue weighted by Crippen LogP contribution is -2.53. The second-order valence-electron chi connectivity index (χ2n) is 10.3. The molecular weight excluding hydrogens is 618 g/mol. The summed E-state index contributed by atoms with van der Waals surface area (Å²) in [5.41, 5.74) is 0.975.